The van der Waals surface area contributed by atoms with Gasteiger partial charge < -0.3 is 14.8 Å². The van der Waals surface area contributed by atoms with Gasteiger partial charge in [0.25, 0.3) is 0 Å². The number of furan rings is 1. The van der Waals surface area contributed by atoms with Crippen LogP contribution in [0.4, 0.5) is 0 Å². The Hall–Kier alpha value is -1.58. The molecule has 1 aromatic heterocycles. The molecule has 0 unspecified atom stereocenters. The lowest BCUT2D eigenvalue weighted by Crippen LogP contribution is -2.24. The Kier molecular flexibility index (Phi) is 4.99. The molecule has 0 fully saturated rings. The quantitative estimate of drug-likeness (QED) is 0.839. The van der Waals surface area contributed by atoms with Crippen LogP contribution in [0.2, 0.25) is 0 Å². The van der Waals surface area contributed by atoms with Gasteiger partial charge >= 0.3 is 0 Å². The highest BCUT2D eigenvalue weighted by atomic mass is 16.3. The highest BCUT2D eigenvalue weighted by Crippen LogP contribution is 2.24. The van der Waals surface area contributed by atoms with E-state index in [0.717, 1.165) is 35.6 Å². The van der Waals surface area contributed by atoms with E-state index < -0.39 is 6.10 Å². The minimum atomic E-state index is -0.434. The highest BCUT2D eigenvalue weighted by Gasteiger charge is 2.07. The van der Waals surface area contributed by atoms with Gasteiger partial charge in [-0.15, -0.1) is 0 Å². The van der Waals surface area contributed by atoms with E-state index in [2.05, 4.69) is 19.2 Å². The summed E-state index contributed by atoms with van der Waals surface area (Å²) in [6.07, 6.45) is 0.671. The van der Waals surface area contributed by atoms with Crippen molar-refractivity contribution in [2.24, 2.45) is 0 Å². The molecule has 2 rings (SSSR count). The first-order chi connectivity index (χ1) is 9.60. The molecule has 1 heterocycles. The summed E-state index contributed by atoms with van der Waals surface area (Å²) in [4.78, 5) is 0. The van der Waals surface area contributed by atoms with Crippen molar-refractivity contribution in [3.63, 3.8) is 0 Å². The van der Waals surface area contributed by atoms with Crippen LogP contribution in [0.1, 0.15) is 44.6 Å². The number of aliphatic hydroxyl groups excluding tert-OH is 1. The van der Waals surface area contributed by atoms with Crippen LogP contribution < -0.4 is 5.32 Å². The molecule has 3 heteroatoms. The predicted molar refractivity (Wildman–Crippen MR) is 81.4 cm³/mol. The third-order valence-corrected chi connectivity index (χ3v) is 3.58. The SMILES string of the molecule is CC[C@@H](C)NCc1ccc(-c2ccc([C@@H](C)O)cc2)o1. The zero-order chi connectivity index (χ0) is 14.5. The molecule has 108 valence electrons. The molecule has 0 saturated heterocycles. The Bertz CT molecular complexity index is 528. The summed E-state index contributed by atoms with van der Waals surface area (Å²) in [5.74, 6) is 1.81. The summed E-state index contributed by atoms with van der Waals surface area (Å²) in [7, 11) is 0. The van der Waals surface area contributed by atoms with Crippen LogP contribution >= 0.6 is 0 Å². The van der Waals surface area contributed by atoms with E-state index in [-0.39, 0.29) is 0 Å². The van der Waals surface area contributed by atoms with Gasteiger partial charge in [0, 0.05) is 11.6 Å². The van der Waals surface area contributed by atoms with E-state index in [1.807, 2.05) is 36.4 Å². The lowest BCUT2D eigenvalue weighted by Gasteiger charge is -2.09. The number of aliphatic hydroxyl groups is 1. The van der Waals surface area contributed by atoms with Crippen molar-refractivity contribution < 1.29 is 9.52 Å². The zero-order valence-corrected chi connectivity index (χ0v) is 12.4. The van der Waals surface area contributed by atoms with Crippen LogP contribution in [0.5, 0.6) is 0 Å². The van der Waals surface area contributed by atoms with Crippen molar-refractivity contribution in [3.8, 4) is 11.3 Å². The van der Waals surface area contributed by atoms with Crippen molar-refractivity contribution in [1.82, 2.24) is 5.32 Å². The Morgan fingerprint density at radius 2 is 1.80 bits per heavy atom. The van der Waals surface area contributed by atoms with Gasteiger partial charge in [-0.2, -0.15) is 0 Å². The van der Waals surface area contributed by atoms with Gasteiger partial charge in [-0.05, 0) is 38.0 Å². The minimum Gasteiger partial charge on any atom is -0.460 e. The molecule has 2 atom stereocenters. The molecule has 3 nitrogen and oxygen atoms in total. The fourth-order valence-electron chi connectivity index (χ4n) is 1.97. The second-order valence-corrected chi connectivity index (χ2v) is 5.25. The maximum absolute atomic E-state index is 9.50. The lowest BCUT2D eigenvalue weighted by atomic mass is 10.1. The molecule has 1 aromatic carbocycles. The zero-order valence-electron chi connectivity index (χ0n) is 12.4. The molecule has 0 aliphatic heterocycles. The lowest BCUT2D eigenvalue weighted by molar-refractivity contribution is 0.199. The van der Waals surface area contributed by atoms with Gasteiger partial charge in [-0.1, -0.05) is 31.2 Å². The first-order valence-corrected chi connectivity index (χ1v) is 7.20. The van der Waals surface area contributed by atoms with E-state index >= 15 is 0 Å². The van der Waals surface area contributed by atoms with Crippen molar-refractivity contribution in [2.45, 2.75) is 45.9 Å². The summed E-state index contributed by atoms with van der Waals surface area (Å²) in [5, 5.41) is 12.9. The molecule has 0 aliphatic carbocycles. The van der Waals surface area contributed by atoms with Gasteiger partial charge in [-0.3, -0.25) is 0 Å². The number of benzene rings is 1. The summed E-state index contributed by atoms with van der Waals surface area (Å²) in [6, 6.07) is 12.3. The van der Waals surface area contributed by atoms with Gasteiger partial charge in [0.05, 0.1) is 12.6 Å². The minimum absolute atomic E-state index is 0.434. The van der Waals surface area contributed by atoms with Gasteiger partial charge in [-0.25, -0.2) is 0 Å². The van der Waals surface area contributed by atoms with Crippen LogP contribution in [0.3, 0.4) is 0 Å². The molecule has 20 heavy (non-hydrogen) atoms. The topological polar surface area (TPSA) is 45.4 Å². The number of nitrogens with one attached hydrogen (secondary N) is 1. The maximum Gasteiger partial charge on any atom is 0.134 e. The molecule has 2 aromatic rings. The molecular formula is C17H23NO2. The Morgan fingerprint density at radius 1 is 1.10 bits per heavy atom. The van der Waals surface area contributed by atoms with Gasteiger partial charge in [0.1, 0.15) is 11.5 Å². The van der Waals surface area contributed by atoms with E-state index in [0.29, 0.717) is 6.04 Å². The Labute approximate surface area is 120 Å². The predicted octanol–water partition coefficient (Wildman–Crippen LogP) is 3.89. The Balaban J connectivity index is 2.04. The molecule has 0 amide bonds. The normalized spacial score (nSPS) is 14.2. The van der Waals surface area contributed by atoms with Crippen molar-refractivity contribution in [2.75, 3.05) is 0 Å². The summed E-state index contributed by atoms with van der Waals surface area (Å²) >= 11 is 0. The third kappa shape index (κ3) is 3.71. The molecule has 0 aliphatic rings. The summed E-state index contributed by atoms with van der Waals surface area (Å²) in [6.45, 7) is 6.84. The smallest absolute Gasteiger partial charge is 0.134 e. The molecule has 2 N–H and O–H groups in total. The van der Waals surface area contributed by atoms with Crippen LogP contribution in [0.15, 0.2) is 40.8 Å². The number of hydrogen-bond donors (Lipinski definition) is 2. The summed E-state index contributed by atoms with van der Waals surface area (Å²) in [5.41, 5.74) is 1.95. The Morgan fingerprint density at radius 3 is 2.40 bits per heavy atom. The largest absolute Gasteiger partial charge is 0.460 e. The number of rotatable bonds is 6. The van der Waals surface area contributed by atoms with Crippen molar-refractivity contribution in [3.05, 3.63) is 47.7 Å². The highest BCUT2D eigenvalue weighted by molar-refractivity contribution is 5.58. The molecule has 0 spiro atoms. The summed E-state index contributed by atoms with van der Waals surface area (Å²) < 4.78 is 5.84. The fourth-order valence-corrected chi connectivity index (χ4v) is 1.97. The van der Waals surface area contributed by atoms with Crippen molar-refractivity contribution in [1.29, 1.82) is 0 Å². The average Bonchev–Trinajstić information content (AvgIpc) is 2.93. The average molecular weight is 273 g/mol. The van der Waals surface area contributed by atoms with E-state index in [4.69, 9.17) is 4.42 Å². The molecule has 0 saturated carbocycles. The molecule has 0 radical (unpaired) electrons. The molecule has 0 bridgehead atoms. The molecular weight excluding hydrogens is 250 g/mol. The van der Waals surface area contributed by atoms with Crippen LogP contribution in [-0.2, 0) is 6.54 Å². The third-order valence-electron chi connectivity index (χ3n) is 3.58. The number of hydrogen-bond acceptors (Lipinski definition) is 3. The monoisotopic (exact) mass is 273 g/mol. The maximum atomic E-state index is 9.50. The van der Waals surface area contributed by atoms with E-state index in [1.165, 1.54) is 0 Å². The van der Waals surface area contributed by atoms with Crippen LogP contribution in [-0.4, -0.2) is 11.1 Å². The van der Waals surface area contributed by atoms with Gasteiger partial charge in [0.15, 0.2) is 0 Å². The second kappa shape index (κ2) is 6.73. The second-order valence-electron chi connectivity index (χ2n) is 5.25. The fraction of sp³-hybridized carbons (Fsp3) is 0.412. The first-order valence-electron chi connectivity index (χ1n) is 7.20. The van der Waals surface area contributed by atoms with Crippen LogP contribution in [0, 0.1) is 0 Å². The standard InChI is InChI=1S/C17H23NO2/c1-4-12(2)18-11-16-9-10-17(20-16)15-7-5-14(6-8-15)13(3)19/h5-10,12-13,18-19H,4,11H2,1-3H3/t12-,13-/m1/s1. The van der Waals surface area contributed by atoms with Crippen molar-refractivity contribution >= 4 is 0 Å². The van der Waals surface area contributed by atoms with E-state index in [1.54, 1.807) is 6.92 Å². The van der Waals surface area contributed by atoms with Crippen LogP contribution in [0.25, 0.3) is 11.3 Å². The van der Waals surface area contributed by atoms with E-state index in [9.17, 15) is 5.11 Å². The van der Waals surface area contributed by atoms with Gasteiger partial charge in [0.2, 0.25) is 0 Å². The first kappa shape index (κ1) is 14.8.